The van der Waals surface area contributed by atoms with Gasteiger partial charge in [0.2, 0.25) is 5.60 Å². The molecule has 2 aliphatic carbocycles. The number of carbonyl (C=O) groups excluding carboxylic acids is 2. The van der Waals surface area contributed by atoms with Gasteiger partial charge in [-0.3, -0.25) is 0 Å². The largest absolute Gasteiger partial charge is 0.458 e. The number of aliphatic hydroxyl groups excluding tert-OH is 1. The SMILES string of the molecule is C/C=C(/C)C(=O)O[C@@]1(C)C(=O)O[C@H]2[C@H]1CC[C@]1(C)[C@@H]2[C@](C)(O)C=C[C@@H]1O. The molecule has 144 valence electrons. The molecule has 1 saturated carbocycles. The Labute approximate surface area is 153 Å². The van der Waals surface area contributed by atoms with E-state index in [1.54, 1.807) is 45.9 Å². The highest BCUT2D eigenvalue weighted by Gasteiger charge is 2.68. The molecule has 1 heterocycles. The molecule has 0 unspecified atom stereocenters. The predicted octanol–water partition coefficient (Wildman–Crippen LogP) is 1.89. The number of esters is 2. The first-order valence-corrected chi connectivity index (χ1v) is 9.14. The summed E-state index contributed by atoms with van der Waals surface area (Å²) in [5.74, 6) is -1.99. The zero-order chi connectivity index (χ0) is 19.5. The number of hydrogen-bond donors (Lipinski definition) is 2. The van der Waals surface area contributed by atoms with E-state index in [-0.39, 0.29) is 5.92 Å². The molecule has 0 aromatic rings. The van der Waals surface area contributed by atoms with Gasteiger partial charge in [-0.2, -0.15) is 0 Å². The third-order valence-electron chi connectivity index (χ3n) is 6.77. The summed E-state index contributed by atoms with van der Waals surface area (Å²) in [6, 6.07) is 0. The van der Waals surface area contributed by atoms with E-state index in [4.69, 9.17) is 9.47 Å². The van der Waals surface area contributed by atoms with Crippen LogP contribution in [-0.2, 0) is 19.1 Å². The highest BCUT2D eigenvalue weighted by Crippen LogP contribution is 2.58. The average Bonchev–Trinajstić information content (AvgIpc) is 2.80. The Morgan fingerprint density at radius 3 is 2.65 bits per heavy atom. The number of allylic oxidation sites excluding steroid dienone is 1. The Bertz CT molecular complexity index is 692. The quantitative estimate of drug-likeness (QED) is 0.442. The first kappa shape index (κ1) is 19.1. The van der Waals surface area contributed by atoms with Crippen molar-refractivity contribution in [1.82, 2.24) is 0 Å². The van der Waals surface area contributed by atoms with E-state index in [2.05, 4.69) is 0 Å². The van der Waals surface area contributed by atoms with Crippen LogP contribution in [0.25, 0.3) is 0 Å². The van der Waals surface area contributed by atoms with Gasteiger partial charge in [0, 0.05) is 22.8 Å². The summed E-state index contributed by atoms with van der Waals surface area (Å²) in [4.78, 5) is 25.0. The van der Waals surface area contributed by atoms with E-state index >= 15 is 0 Å². The molecular formula is C20H28O6. The Morgan fingerprint density at radius 1 is 1.38 bits per heavy atom. The Morgan fingerprint density at radius 2 is 2.04 bits per heavy atom. The van der Waals surface area contributed by atoms with Gasteiger partial charge >= 0.3 is 11.9 Å². The molecule has 6 heteroatoms. The van der Waals surface area contributed by atoms with Crippen LogP contribution in [0.2, 0.25) is 0 Å². The topological polar surface area (TPSA) is 93.1 Å². The molecule has 3 rings (SSSR count). The maximum Gasteiger partial charge on any atom is 0.351 e. The lowest BCUT2D eigenvalue weighted by Gasteiger charge is -2.55. The monoisotopic (exact) mass is 364 g/mol. The van der Waals surface area contributed by atoms with E-state index in [0.717, 1.165) is 0 Å². The van der Waals surface area contributed by atoms with Crippen molar-refractivity contribution < 1.29 is 29.3 Å². The Balaban J connectivity index is 1.98. The molecule has 0 radical (unpaired) electrons. The van der Waals surface area contributed by atoms with Crippen molar-refractivity contribution in [3.05, 3.63) is 23.8 Å². The van der Waals surface area contributed by atoms with Crippen molar-refractivity contribution in [1.29, 1.82) is 0 Å². The molecule has 6 nitrogen and oxygen atoms in total. The lowest BCUT2D eigenvalue weighted by Crippen LogP contribution is -2.61. The second-order valence-corrected chi connectivity index (χ2v) is 8.50. The zero-order valence-corrected chi connectivity index (χ0v) is 16.0. The zero-order valence-electron chi connectivity index (χ0n) is 16.0. The molecule has 26 heavy (non-hydrogen) atoms. The fourth-order valence-corrected chi connectivity index (χ4v) is 4.97. The Hall–Kier alpha value is -1.66. The van der Waals surface area contributed by atoms with Gasteiger partial charge in [0.25, 0.3) is 0 Å². The maximum absolute atomic E-state index is 12.7. The number of ether oxygens (including phenoxy) is 2. The maximum atomic E-state index is 12.7. The van der Waals surface area contributed by atoms with Crippen LogP contribution in [0.5, 0.6) is 0 Å². The van der Waals surface area contributed by atoms with E-state index in [1.807, 2.05) is 6.92 Å². The molecule has 7 atom stereocenters. The summed E-state index contributed by atoms with van der Waals surface area (Å²) in [6.07, 6.45) is 4.62. The van der Waals surface area contributed by atoms with Gasteiger partial charge in [-0.1, -0.05) is 25.2 Å². The van der Waals surface area contributed by atoms with Crippen LogP contribution < -0.4 is 0 Å². The van der Waals surface area contributed by atoms with Crippen molar-refractivity contribution in [3.8, 4) is 0 Å². The second-order valence-electron chi connectivity index (χ2n) is 8.50. The van der Waals surface area contributed by atoms with Gasteiger partial charge in [-0.05, 0) is 40.5 Å². The predicted molar refractivity (Wildman–Crippen MR) is 93.9 cm³/mol. The highest BCUT2D eigenvalue weighted by atomic mass is 16.6. The van der Waals surface area contributed by atoms with Gasteiger partial charge in [-0.15, -0.1) is 0 Å². The van der Waals surface area contributed by atoms with Crippen molar-refractivity contribution in [3.63, 3.8) is 0 Å². The van der Waals surface area contributed by atoms with Crippen LogP contribution >= 0.6 is 0 Å². The summed E-state index contributed by atoms with van der Waals surface area (Å²) < 4.78 is 11.3. The third kappa shape index (κ3) is 2.54. The normalized spacial score (nSPS) is 47.8. The van der Waals surface area contributed by atoms with Crippen molar-refractivity contribution >= 4 is 11.9 Å². The van der Waals surface area contributed by atoms with Crippen molar-refractivity contribution in [2.45, 2.75) is 70.9 Å². The molecule has 0 aromatic heterocycles. The van der Waals surface area contributed by atoms with Gasteiger partial charge in [0.1, 0.15) is 6.10 Å². The smallest absolute Gasteiger partial charge is 0.351 e. The van der Waals surface area contributed by atoms with Gasteiger partial charge < -0.3 is 19.7 Å². The van der Waals surface area contributed by atoms with Gasteiger partial charge in [0.15, 0.2) is 0 Å². The molecular weight excluding hydrogens is 336 g/mol. The average molecular weight is 364 g/mol. The van der Waals surface area contributed by atoms with E-state index in [0.29, 0.717) is 18.4 Å². The number of aliphatic hydroxyl groups is 2. The first-order valence-electron chi connectivity index (χ1n) is 9.14. The van der Waals surface area contributed by atoms with E-state index in [1.165, 1.54) is 0 Å². The molecule has 0 amide bonds. The molecule has 2 fully saturated rings. The second kappa shape index (κ2) is 5.92. The fourth-order valence-electron chi connectivity index (χ4n) is 4.97. The minimum absolute atomic E-state index is 0.369. The summed E-state index contributed by atoms with van der Waals surface area (Å²) in [7, 11) is 0. The summed E-state index contributed by atoms with van der Waals surface area (Å²) in [5, 5.41) is 21.5. The van der Waals surface area contributed by atoms with Crippen LogP contribution in [0, 0.1) is 17.3 Å². The number of hydrogen-bond acceptors (Lipinski definition) is 6. The first-order chi connectivity index (χ1) is 12.0. The molecule has 1 saturated heterocycles. The van der Waals surface area contributed by atoms with Crippen molar-refractivity contribution in [2.75, 3.05) is 0 Å². The standard InChI is InChI=1S/C20H28O6/c1-6-11(2)16(22)26-20(5)12-7-9-18(3)13(21)8-10-19(4,24)15(18)14(12)25-17(20)23/h6,8,10,12-15,21,24H,7,9H2,1-5H3/b11-6-/t12-,13+,14+,15-,18+,19-,20-/m1/s1. The number of carbonyl (C=O) groups is 2. The number of rotatable bonds is 2. The minimum atomic E-state index is -1.39. The molecule has 0 bridgehead atoms. The molecule has 0 spiro atoms. The minimum Gasteiger partial charge on any atom is -0.458 e. The van der Waals surface area contributed by atoms with E-state index < -0.39 is 46.7 Å². The van der Waals surface area contributed by atoms with Crippen LogP contribution in [0.4, 0.5) is 0 Å². The number of fused-ring (bicyclic) bond motifs is 3. The lowest BCUT2D eigenvalue weighted by atomic mass is 9.52. The highest BCUT2D eigenvalue weighted by molar-refractivity contribution is 5.92. The molecule has 0 aromatic carbocycles. The summed E-state index contributed by atoms with van der Waals surface area (Å²) in [5.41, 5.74) is -2.82. The van der Waals surface area contributed by atoms with Crippen LogP contribution in [-0.4, -0.2) is 45.6 Å². The molecule has 3 aliphatic rings. The fraction of sp³-hybridized carbons (Fsp3) is 0.700. The lowest BCUT2D eigenvalue weighted by molar-refractivity contribution is -0.175. The Kier molecular flexibility index (Phi) is 4.36. The van der Waals surface area contributed by atoms with Crippen molar-refractivity contribution in [2.24, 2.45) is 17.3 Å². The van der Waals surface area contributed by atoms with Gasteiger partial charge in [-0.25, -0.2) is 9.59 Å². The van der Waals surface area contributed by atoms with Crippen LogP contribution in [0.15, 0.2) is 23.8 Å². The summed E-state index contributed by atoms with van der Waals surface area (Å²) >= 11 is 0. The third-order valence-corrected chi connectivity index (χ3v) is 6.77. The van der Waals surface area contributed by atoms with Crippen LogP contribution in [0.3, 0.4) is 0 Å². The summed E-state index contributed by atoms with van der Waals surface area (Å²) in [6.45, 7) is 8.53. The van der Waals surface area contributed by atoms with Crippen LogP contribution in [0.1, 0.15) is 47.5 Å². The molecule has 2 N–H and O–H groups in total. The van der Waals surface area contributed by atoms with E-state index in [9.17, 15) is 19.8 Å². The van der Waals surface area contributed by atoms with Gasteiger partial charge in [0.05, 0.1) is 11.7 Å². The molecule has 1 aliphatic heterocycles.